The lowest BCUT2D eigenvalue weighted by Crippen LogP contribution is -1.85. The molecule has 2 rings (SSSR count). The van der Waals surface area contributed by atoms with E-state index in [4.69, 9.17) is 11.6 Å². The van der Waals surface area contributed by atoms with Crippen LogP contribution in [0, 0.1) is 0 Å². The van der Waals surface area contributed by atoms with Crippen molar-refractivity contribution in [1.82, 2.24) is 4.98 Å². The van der Waals surface area contributed by atoms with Crippen LogP contribution in [0.1, 0.15) is 51.0 Å². The fourth-order valence-electron chi connectivity index (χ4n) is 2.50. The van der Waals surface area contributed by atoms with Crippen LogP contribution in [0.5, 0.6) is 0 Å². The van der Waals surface area contributed by atoms with Crippen molar-refractivity contribution >= 4 is 22.5 Å². The molecule has 1 N–H and O–H groups in total. The molecule has 2 heteroatoms. The minimum Gasteiger partial charge on any atom is -0.361 e. The van der Waals surface area contributed by atoms with Crippen LogP contribution >= 0.6 is 11.6 Å². The maximum atomic E-state index is 6.26. The van der Waals surface area contributed by atoms with E-state index in [2.05, 4.69) is 24.2 Å². The minimum absolute atomic E-state index is 0.870. The van der Waals surface area contributed by atoms with Gasteiger partial charge < -0.3 is 4.98 Å². The van der Waals surface area contributed by atoms with Crippen molar-refractivity contribution in [1.29, 1.82) is 0 Å². The Balaban J connectivity index is 1.88. The zero-order valence-electron chi connectivity index (χ0n) is 11.1. The van der Waals surface area contributed by atoms with Crippen molar-refractivity contribution in [3.63, 3.8) is 0 Å². The van der Waals surface area contributed by atoms with Crippen LogP contribution in [0.4, 0.5) is 0 Å². The maximum Gasteiger partial charge on any atom is 0.0502 e. The van der Waals surface area contributed by atoms with E-state index >= 15 is 0 Å². The molecule has 0 unspecified atom stereocenters. The summed E-state index contributed by atoms with van der Waals surface area (Å²) in [6, 6.07) is 6.06. The van der Waals surface area contributed by atoms with Gasteiger partial charge in [0.1, 0.15) is 0 Å². The topological polar surface area (TPSA) is 15.8 Å². The molecule has 0 spiro atoms. The van der Waals surface area contributed by atoms with Crippen LogP contribution in [-0.4, -0.2) is 4.98 Å². The first-order valence-electron chi connectivity index (χ1n) is 7.07. The summed E-state index contributed by atoms with van der Waals surface area (Å²) in [7, 11) is 0. The Hall–Kier alpha value is -0.950. The van der Waals surface area contributed by atoms with E-state index < -0.39 is 0 Å². The largest absolute Gasteiger partial charge is 0.361 e. The molecular weight excluding hydrogens is 242 g/mol. The first-order valence-corrected chi connectivity index (χ1v) is 7.45. The van der Waals surface area contributed by atoms with Gasteiger partial charge in [-0.25, -0.2) is 0 Å². The van der Waals surface area contributed by atoms with Gasteiger partial charge in [-0.1, -0.05) is 56.7 Å². The van der Waals surface area contributed by atoms with Crippen molar-refractivity contribution < 1.29 is 0 Å². The molecule has 0 aliphatic rings. The zero-order chi connectivity index (χ0) is 12.8. The summed E-state index contributed by atoms with van der Waals surface area (Å²) in [4.78, 5) is 3.31. The molecule has 0 saturated carbocycles. The normalized spacial score (nSPS) is 11.2. The fraction of sp³-hybridized carbons (Fsp3) is 0.500. The summed E-state index contributed by atoms with van der Waals surface area (Å²) < 4.78 is 0. The van der Waals surface area contributed by atoms with Crippen molar-refractivity contribution in [2.75, 3.05) is 0 Å². The molecule has 0 atom stereocenters. The van der Waals surface area contributed by atoms with Crippen LogP contribution < -0.4 is 0 Å². The van der Waals surface area contributed by atoms with E-state index in [1.165, 1.54) is 49.5 Å². The number of nitrogens with one attached hydrogen (secondary N) is 1. The third-order valence-electron chi connectivity index (χ3n) is 3.54. The summed E-state index contributed by atoms with van der Waals surface area (Å²) in [6.45, 7) is 2.26. The molecular formula is C16H22ClN. The summed E-state index contributed by atoms with van der Waals surface area (Å²) in [5.41, 5.74) is 2.52. The van der Waals surface area contributed by atoms with Crippen molar-refractivity contribution in [2.45, 2.75) is 51.9 Å². The minimum atomic E-state index is 0.870. The summed E-state index contributed by atoms with van der Waals surface area (Å²) >= 11 is 6.26. The number of benzene rings is 1. The summed E-state index contributed by atoms with van der Waals surface area (Å²) in [6.07, 6.45) is 11.3. The predicted octanol–water partition coefficient (Wildman–Crippen LogP) is 5.72. The number of rotatable bonds is 7. The molecule has 1 aromatic carbocycles. The average molecular weight is 264 g/mol. The van der Waals surface area contributed by atoms with Gasteiger partial charge in [0, 0.05) is 17.1 Å². The monoisotopic (exact) mass is 263 g/mol. The van der Waals surface area contributed by atoms with E-state index in [1.54, 1.807) is 0 Å². The van der Waals surface area contributed by atoms with Crippen LogP contribution in [0.2, 0.25) is 5.02 Å². The molecule has 2 aromatic rings. The van der Waals surface area contributed by atoms with Gasteiger partial charge in [-0.2, -0.15) is 0 Å². The molecule has 0 aliphatic carbocycles. The Morgan fingerprint density at radius 1 is 1.06 bits per heavy atom. The van der Waals surface area contributed by atoms with E-state index in [-0.39, 0.29) is 0 Å². The number of aromatic nitrogens is 1. The fourth-order valence-corrected chi connectivity index (χ4v) is 2.80. The highest BCUT2D eigenvalue weighted by atomic mass is 35.5. The third-order valence-corrected chi connectivity index (χ3v) is 3.85. The van der Waals surface area contributed by atoms with Crippen molar-refractivity contribution in [2.24, 2.45) is 0 Å². The number of hydrogen-bond donors (Lipinski definition) is 1. The highest BCUT2D eigenvalue weighted by molar-refractivity contribution is 6.35. The Labute approximate surface area is 115 Å². The maximum absolute atomic E-state index is 6.26. The number of H-pyrrole nitrogens is 1. The smallest absolute Gasteiger partial charge is 0.0502 e. The Morgan fingerprint density at radius 3 is 2.67 bits per heavy atom. The second-order valence-electron chi connectivity index (χ2n) is 4.99. The molecule has 0 fully saturated rings. The van der Waals surface area contributed by atoms with Gasteiger partial charge in [-0.05, 0) is 30.5 Å². The molecule has 98 valence electrons. The number of aromatic amines is 1. The molecule has 0 bridgehead atoms. The number of aryl methyl sites for hydroxylation is 1. The van der Waals surface area contributed by atoms with Crippen LogP contribution in [-0.2, 0) is 6.42 Å². The number of fused-ring (bicyclic) bond motifs is 1. The molecule has 18 heavy (non-hydrogen) atoms. The van der Waals surface area contributed by atoms with E-state index in [1.807, 2.05) is 12.1 Å². The zero-order valence-corrected chi connectivity index (χ0v) is 11.9. The van der Waals surface area contributed by atoms with Crippen LogP contribution in [0.15, 0.2) is 24.4 Å². The van der Waals surface area contributed by atoms with Gasteiger partial charge in [-0.3, -0.25) is 0 Å². The summed E-state index contributed by atoms with van der Waals surface area (Å²) in [5.74, 6) is 0. The van der Waals surface area contributed by atoms with Crippen molar-refractivity contribution in [3.05, 3.63) is 35.0 Å². The van der Waals surface area contributed by atoms with E-state index in [0.717, 1.165) is 17.0 Å². The lowest BCUT2D eigenvalue weighted by atomic mass is 10.0. The summed E-state index contributed by atoms with van der Waals surface area (Å²) in [5, 5.41) is 2.09. The SMILES string of the molecule is CCCCCCCCc1c[nH]c2cccc(Cl)c12. The first kappa shape index (κ1) is 13.5. The average Bonchev–Trinajstić information content (AvgIpc) is 2.78. The molecule has 1 heterocycles. The lowest BCUT2D eigenvalue weighted by Gasteiger charge is -2.02. The Bertz CT molecular complexity index is 487. The lowest BCUT2D eigenvalue weighted by molar-refractivity contribution is 0.608. The van der Waals surface area contributed by atoms with Gasteiger partial charge in [-0.15, -0.1) is 0 Å². The number of hydrogen-bond acceptors (Lipinski definition) is 0. The predicted molar refractivity (Wildman–Crippen MR) is 80.4 cm³/mol. The molecule has 0 radical (unpaired) electrons. The number of unbranched alkanes of at least 4 members (excludes halogenated alkanes) is 5. The van der Waals surface area contributed by atoms with Gasteiger partial charge in [0.15, 0.2) is 0 Å². The standard InChI is InChI=1S/C16H22ClN/c1-2-3-4-5-6-7-9-13-12-18-15-11-8-10-14(17)16(13)15/h8,10-12,18H,2-7,9H2,1H3. The van der Waals surface area contributed by atoms with Gasteiger partial charge in [0.2, 0.25) is 0 Å². The van der Waals surface area contributed by atoms with Crippen LogP contribution in [0.3, 0.4) is 0 Å². The van der Waals surface area contributed by atoms with Gasteiger partial charge >= 0.3 is 0 Å². The molecule has 0 aliphatic heterocycles. The second-order valence-corrected chi connectivity index (χ2v) is 5.40. The molecule has 1 nitrogen and oxygen atoms in total. The number of halogens is 1. The van der Waals surface area contributed by atoms with Crippen molar-refractivity contribution in [3.8, 4) is 0 Å². The Morgan fingerprint density at radius 2 is 1.83 bits per heavy atom. The Kier molecular flexibility index (Phi) is 5.12. The molecule has 1 aromatic heterocycles. The quantitative estimate of drug-likeness (QED) is 0.615. The van der Waals surface area contributed by atoms with E-state index in [9.17, 15) is 0 Å². The highest BCUT2D eigenvalue weighted by Gasteiger charge is 2.06. The van der Waals surface area contributed by atoms with Gasteiger partial charge in [0.05, 0.1) is 5.02 Å². The third kappa shape index (κ3) is 3.29. The molecule has 0 saturated heterocycles. The second kappa shape index (κ2) is 6.84. The van der Waals surface area contributed by atoms with Gasteiger partial charge in [0.25, 0.3) is 0 Å². The van der Waals surface area contributed by atoms with E-state index in [0.29, 0.717) is 0 Å². The molecule has 0 amide bonds. The first-order chi connectivity index (χ1) is 8.83. The van der Waals surface area contributed by atoms with Crippen LogP contribution in [0.25, 0.3) is 10.9 Å². The highest BCUT2D eigenvalue weighted by Crippen LogP contribution is 2.27.